The highest BCUT2D eigenvalue weighted by Crippen LogP contribution is 2.15. The van der Waals surface area contributed by atoms with E-state index in [9.17, 15) is 4.79 Å². The molecule has 1 aliphatic rings. The van der Waals surface area contributed by atoms with Crippen LogP contribution in [-0.2, 0) is 9.53 Å². The SMILES string of the molecule is CC[C@H]1CN(C(=O)CSc2n[nH]c(C)n2)CCO1. The number of thioether (sulfide) groups is 1. The molecule has 7 heteroatoms. The van der Waals surface area contributed by atoms with Gasteiger partial charge in [-0.2, -0.15) is 0 Å². The molecule has 6 nitrogen and oxygen atoms in total. The first-order chi connectivity index (χ1) is 8.69. The minimum atomic E-state index is 0.129. The average Bonchev–Trinajstić information content (AvgIpc) is 2.82. The van der Waals surface area contributed by atoms with Crippen LogP contribution in [0, 0.1) is 6.92 Å². The number of amides is 1. The number of morpholine rings is 1. The zero-order valence-corrected chi connectivity index (χ0v) is 11.5. The van der Waals surface area contributed by atoms with Crippen LogP contribution in [0.2, 0.25) is 0 Å². The number of carbonyl (C=O) groups is 1. The number of hydrogen-bond acceptors (Lipinski definition) is 5. The van der Waals surface area contributed by atoms with Crippen LogP contribution in [0.4, 0.5) is 0 Å². The summed E-state index contributed by atoms with van der Waals surface area (Å²) in [5.74, 6) is 1.28. The van der Waals surface area contributed by atoms with Crippen molar-refractivity contribution in [1.82, 2.24) is 20.1 Å². The van der Waals surface area contributed by atoms with Crippen molar-refractivity contribution >= 4 is 17.7 Å². The summed E-state index contributed by atoms with van der Waals surface area (Å²) in [6.45, 7) is 5.93. The van der Waals surface area contributed by atoms with Crippen LogP contribution < -0.4 is 0 Å². The molecule has 100 valence electrons. The van der Waals surface area contributed by atoms with E-state index in [4.69, 9.17) is 4.74 Å². The number of rotatable bonds is 4. The van der Waals surface area contributed by atoms with Gasteiger partial charge in [0.2, 0.25) is 11.1 Å². The molecule has 0 spiro atoms. The van der Waals surface area contributed by atoms with E-state index >= 15 is 0 Å². The molecule has 0 aliphatic carbocycles. The van der Waals surface area contributed by atoms with Crippen LogP contribution >= 0.6 is 11.8 Å². The molecule has 1 saturated heterocycles. The molecule has 0 unspecified atom stereocenters. The van der Waals surface area contributed by atoms with Gasteiger partial charge in [-0.3, -0.25) is 9.89 Å². The molecule has 1 aliphatic heterocycles. The first-order valence-electron chi connectivity index (χ1n) is 6.10. The molecule has 1 amide bonds. The van der Waals surface area contributed by atoms with Gasteiger partial charge >= 0.3 is 0 Å². The fourth-order valence-electron chi connectivity index (χ4n) is 1.80. The van der Waals surface area contributed by atoms with Crippen molar-refractivity contribution in [3.63, 3.8) is 0 Å². The van der Waals surface area contributed by atoms with Crippen molar-refractivity contribution in [2.75, 3.05) is 25.4 Å². The lowest BCUT2D eigenvalue weighted by atomic mass is 10.2. The topological polar surface area (TPSA) is 71.1 Å². The Kier molecular flexibility index (Phi) is 4.60. The smallest absolute Gasteiger partial charge is 0.233 e. The number of nitrogens with zero attached hydrogens (tertiary/aromatic N) is 3. The molecule has 0 bridgehead atoms. The highest BCUT2D eigenvalue weighted by molar-refractivity contribution is 7.99. The van der Waals surface area contributed by atoms with Crippen LogP contribution in [0.5, 0.6) is 0 Å². The Labute approximate surface area is 110 Å². The molecular formula is C11H18N4O2S. The van der Waals surface area contributed by atoms with Crippen molar-refractivity contribution in [3.8, 4) is 0 Å². The standard InChI is InChI=1S/C11H18N4O2S/c1-3-9-6-15(4-5-17-9)10(16)7-18-11-12-8(2)13-14-11/h9H,3-7H2,1-2H3,(H,12,13,14)/t9-/m0/s1. The molecule has 0 saturated carbocycles. The van der Waals surface area contributed by atoms with Crippen molar-refractivity contribution in [2.45, 2.75) is 31.5 Å². The highest BCUT2D eigenvalue weighted by atomic mass is 32.2. The van der Waals surface area contributed by atoms with Gasteiger partial charge < -0.3 is 9.64 Å². The monoisotopic (exact) mass is 270 g/mol. The van der Waals surface area contributed by atoms with Crippen LogP contribution in [0.25, 0.3) is 0 Å². The van der Waals surface area contributed by atoms with E-state index in [0.717, 1.165) is 12.2 Å². The molecule has 2 rings (SSSR count). The van der Waals surface area contributed by atoms with Crippen LogP contribution in [-0.4, -0.2) is 57.5 Å². The van der Waals surface area contributed by atoms with Gasteiger partial charge in [0.25, 0.3) is 0 Å². The minimum absolute atomic E-state index is 0.129. The lowest BCUT2D eigenvalue weighted by molar-refractivity contribution is -0.135. The normalized spacial score (nSPS) is 20.1. The van der Waals surface area contributed by atoms with E-state index < -0.39 is 0 Å². The van der Waals surface area contributed by atoms with E-state index in [2.05, 4.69) is 22.1 Å². The summed E-state index contributed by atoms with van der Waals surface area (Å²) in [7, 11) is 0. The zero-order chi connectivity index (χ0) is 13.0. The number of H-pyrrole nitrogens is 1. The van der Waals surface area contributed by atoms with Gasteiger partial charge in [0.15, 0.2) is 0 Å². The predicted octanol–water partition coefficient (Wildman–Crippen LogP) is 0.843. The van der Waals surface area contributed by atoms with E-state index in [1.54, 1.807) is 0 Å². The Hall–Kier alpha value is -1.08. The third-order valence-electron chi connectivity index (χ3n) is 2.85. The average molecular weight is 270 g/mol. The van der Waals surface area contributed by atoms with Crippen LogP contribution in [0.3, 0.4) is 0 Å². The maximum Gasteiger partial charge on any atom is 0.233 e. The number of nitrogens with one attached hydrogen (secondary N) is 1. The Morgan fingerprint density at radius 2 is 2.50 bits per heavy atom. The van der Waals surface area contributed by atoms with Crippen LogP contribution in [0.15, 0.2) is 5.16 Å². The molecular weight excluding hydrogens is 252 g/mol. The molecule has 0 radical (unpaired) electrons. The molecule has 1 atom stereocenters. The van der Waals surface area contributed by atoms with E-state index in [-0.39, 0.29) is 12.0 Å². The van der Waals surface area contributed by atoms with Gasteiger partial charge in [0.05, 0.1) is 18.5 Å². The Morgan fingerprint density at radius 3 is 3.17 bits per heavy atom. The largest absolute Gasteiger partial charge is 0.375 e. The first-order valence-corrected chi connectivity index (χ1v) is 7.08. The number of ether oxygens (including phenoxy) is 1. The van der Waals surface area contributed by atoms with Crippen molar-refractivity contribution in [1.29, 1.82) is 0 Å². The quantitative estimate of drug-likeness (QED) is 0.821. The molecule has 1 fully saturated rings. The molecule has 1 aromatic rings. The van der Waals surface area contributed by atoms with Gasteiger partial charge in [0.1, 0.15) is 5.82 Å². The summed E-state index contributed by atoms with van der Waals surface area (Å²) >= 11 is 1.37. The second-order valence-electron chi connectivity index (χ2n) is 4.23. The lowest BCUT2D eigenvalue weighted by Crippen LogP contribution is -2.46. The van der Waals surface area contributed by atoms with Crippen molar-refractivity contribution in [2.24, 2.45) is 0 Å². The third kappa shape index (κ3) is 3.46. The number of carbonyl (C=O) groups excluding carboxylic acids is 1. The fraction of sp³-hybridized carbons (Fsp3) is 0.727. The Bertz CT molecular complexity index is 410. The second-order valence-corrected chi connectivity index (χ2v) is 5.18. The summed E-state index contributed by atoms with van der Waals surface area (Å²) in [6.07, 6.45) is 1.12. The van der Waals surface area contributed by atoms with Gasteiger partial charge in [0, 0.05) is 13.1 Å². The van der Waals surface area contributed by atoms with Gasteiger partial charge in [-0.05, 0) is 13.3 Å². The molecule has 1 N–H and O–H groups in total. The van der Waals surface area contributed by atoms with E-state index in [0.29, 0.717) is 30.6 Å². The maximum absolute atomic E-state index is 12.0. The van der Waals surface area contributed by atoms with Crippen molar-refractivity contribution < 1.29 is 9.53 Å². The summed E-state index contributed by atoms with van der Waals surface area (Å²) in [5, 5.41) is 7.38. The lowest BCUT2D eigenvalue weighted by Gasteiger charge is -2.32. The van der Waals surface area contributed by atoms with Crippen LogP contribution in [0.1, 0.15) is 19.2 Å². The number of aromatic nitrogens is 3. The summed E-state index contributed by atoms with van der Waals surface area (Å²) < 4.78 is 5.54. The van der Waals surface area contributed by atoms with E-state index in [1.165, 1.54) is 11.8 Å². The zero-order valence-electron chi connectivity index (χ0n) is 10.7. The number of aryl methyl sites for hydroxylation is 1. The molecule has 1 aromatic heterocycles. The van der Waals surface area contributed by atoms with Gasteiger partial charge in [-0.25, -0.2) is 4.98 Å². The Balaban J connectivity index is 1.80. The van der Waals surface area contributed by atoms with Gasteiger partial charge in [-0.1, -0.05) is 18.7 Å². The van der Waals surface area contributed by atoms with Crippen molar-refractivity contribution in [3.05, 3.63) is 5.82 Å². The fourth-order valence-corrected chi connectivity index (χ4v) is 2.54. The molecule has 2 heterocycles. The van der Waals surface area contributed by atoms with Gasteiger partial charge in [-0.15, -0.1) is 5.10 Å². The van der Waals surface area contributed by atoms with E-state index in [1.807, 2.05) is 11.8 Å². The highest BCUT2D eigenvalue weighted by Gasteiger charge is 2.23. The molecule has 0 aromatic carbocycles. The Morgan fingerprint density at radius 1 is 1.67 bits per heavy atom. The number of aromatic amines is 1. The number of hydrogen-bond donors (Lipinski definition) is 1. The second kappa shape index (κ2) is 6.19. The summed E-state index contributed by atoms with van der Waals surface area (Å²) in [4.78, 5) is 18.0. The first kappa shape index (κ1) is 13.4. The predicted molar refractivity (Wildman–Crippen MR) is 68.5 cm³/mol. The molecule has 18 heavy (non-hydrogen) atoms. The minimum Gasteiger partial charge on any atom is -0.375 e. The summed E-state index contributed by atoms with van der Waals surface area (Å²) in [5.41, 5.74) is 0. The maximum atomic E-state index is 12.0. The summed E-state index contributed by atoms with van der Waals surface area (Å²) in [6, 6.07) is 0. The third-order valence-corrected chi connectivity index (χ3v) is 3.68.